The Kier molecular flexibility index (Phi) is 5.93. The molecule has 0 unspecified atom stereocenters. The Bertz CT molecular complexity index is 791. The summed E-state index contributed by atoms with van der Waals surface area (Å²) in [7, 11) is 1.51. The van der Waals surface area contributed by atoms with Crippen LogP contribution in [0.15, 0.2) is 18.2 Å². The molecular formula is C21H32O4Si. The second-order valence-corrected chi connectivity index (χ2v) is 13.1. The molecule has 2 aromatic rings. The number of rotatable bonds is 6. The average Bonchev–Trinajstić information content (AvgIpc) is 2.54. The first-order valence-corrected chi connectivity index (χ1v) is 11.9. The molecule has 2 aromatic carbocycles. The molecule has 0 amide bonds. The van der Waals surface area contributed by atoms with E-state index in [1.165, 1.54) is 0 Å². The highest BCUT2D eigenvalue weighted by molar-refractivity contribution is 6.74. The molecule has 0 aliphatic rings. The summed E-state index contributed by atoms with van der Waals surface area (Å²) in [5, 5.41) is 12.5. The fraction of sp³-hybridized carbons (Fsp3) is 0.524. The Hall–Kier alpha value is -1.72. The molecule has 2 rings (SSSR count). The summed E-state index contributed by atoms with van der Waals surface area (Å²) in [6.07, 6.45) is 0.669. The molecule has 0 saturated heterocycles. The smallest absolute Gasteiger partial charge is 0.191 e. The van der Waals surface area contributed by atoms with Crippen LogP contribution in [-0.2, 0) is 10.8 Å². The summed E-state index contributed by atoms with van der Waals surface area (Å²) in [5.41, 5.74) is 1.83. The molecule has 0 atom stereocenters. The van der Waals surface area contributed by atoms with Crippen molar-refractivity contribution in [1.29, 1.82) is 0 Å². The highest BCUT2D eigenvalue weighted by Crippen LogP contribution is 2.40. The van der Waals surface area contributed by atoms with E-state index < -0.39 is 8.32 Å². The van der Waals surface area contributed by atoms with Crippen molar-refractivity contribution in [3.63, 3.8) is 0 Å². The van der Waals surface area contributed by atoms with E-state index in [9.17, 15) is 5.11 Å². The van der Waals surface area contributed by atoms with Gasteiger partial charge in [0.05, 0.1) is 14.2 Å². The summed E-state index contributed by atoms with van der Waals surface area (Å²) in [5.74, 6) is 1.82. The van der Waals surface area contributed by atoms with Crippen LogP contribution in [0.4, 0.5) is 0 Å². The van der Waals surface area contributed by atoms with Gasteiger partial charge in [0, 0.05) is 17.6 Å². The molecule has 26 heavy (non-hydrogen) atoms. The van der Waals surface area contributed by atoms with Crippen LogP contribution >= 0.6 is 0 Å². The van der Waals surface area contributed by atoms with E-state index in [0.29, 0.717) is 13.0 Å². The summed E-state index contributed by atoms with van der Waals surface area (Å²) < 4.78 is 17.3. The topological polar surface area (TPSA) is 47.9 Å². The van der Waals surface area contributed by atoms with Crippen molar-refractivity contribution >= 4 is 19.1 Å². The van der Waals surface area contributed by atoms with Gasteiger partial charge in [-0.3, -0.25) is 0 Å². The minimum Gasteiger partial charge on any atom is -0.508 e. The monoisotopic (exact) mass is 376 g/mol. The van der Waals surface area contributed by atoms with Crippen molar-refractivity contribution in [1.82, 2.24) is 0 Å². The van der Waals surface area contributed by atoms with Crippen LogP contribution in [-0.4, -0.2) is 34.3 Å². The largest absolute Gasteiger partial charge is 0.508 e. The Morgan fingerprint density at radius 1 is 1.04 bits per heavy atom. The molecule has 5 heteroatoms. The van der Waals surface area contributed by atoms with Gasteiger partial charge in [-0.15, -0.1) is 0 Å². The number of hydrogen-bond donors (Lipinski definition) is 1. The lowest BCUT2D eigenvalue weighted by Crippen LogP contribution is -2.41. The van der Waals surface area contributed by atoms with Crippen LogP contribution in [0.2, 0.25) is 18.1 Å². The Labute approximate surface area is 158 Å². The summed E-state index contributed by atoms with van der Waals surface area (Å²) in [4.78, 5) is 0. The van der Waals surface area contributed by atoms with Gasteiger partial charge in [-0.05, 0) is 60.6 Å². The van der Waals surface area contributed by atoms with Crippen LogP contribution in [0.25, 0.3) is 10.8 Å². The van der Waals surface area contributed by atoms with Crippen molar-refractivity contribution < 1.29 is 19.0 Å². The molecular weight excluding hydrogens is 344 g/mol. The maximum Gasteiger partial charge on any atom is 0.191 e. The van der Waals surface area contributed by atoms with E-state index in [4.69, 9.17) is 13.9 Å². The molecule has 0 aliphatic heterocycles. The van der Waals surface area contributed by atoms with Crippen LogP contribution < -0.4 is 9.47 Å². The van der Waals surface area contributed by atoms with E-state index in [1.54, 1.807) is 20.3 Å². The van der Waals surface area contributed by atoms with E-state index in [0.717, 1.165) is 33.4 Å². The molecule has 144 valence electrons. The number of aromatic hydroxyl groups is 1. The van der Waals surface area contributed by atoms with Gasteiger partial charge in [0.25, 0.3) is 0 Å². The molecule has 0 heterocycles. The van der Waals surface area contributed by atoms with Gasteiger partial charge in [0.1, 0.15) is 17.2 Å². The molecule has 0 spiro atoms. The zero-order chi connectivity index (χ0) is 19.7. The maximum absolute atomic E-state index is 10.5. The quantitative estimate of drug-likeness (QED) is 0.682. The first-order chi connectivity index (χ1) is 12.0. The van der Waals surface area contributed by atoms with Crippen molar-refractivity contribution in [2.24, 2.45) is 0 Å². The highest BCUT2D eigenvalue weighted by Gasteiger charge is 2.36. The van der Waals surface area contributed by atoms with E-state index in [-0.39, 0.29) is 10.8 Å². The second kappa shape index (κ2) is 7.49. The van der Waals surface area contributed by atoms with Crippen molar-refractivity contribution in [2.75, 3.05) is 20.8 Å². The normalized spacial score (nSPS) is 12.5. The van der Waals surface area contributed by atoms with Crippen molar-refractivity contribution in [3.05, 3.63) is 29.3 Å². The predicted octanol–water partition coefficient (Wildman–Crippen LogP) is 5.44. The minimum absolute atomic E-state index is 0.176. The molecule has 0 saturated carbocycles. The van der Waals surface area contributed by atoms with Gasteiger partial charge in [-0.2, -0.15) is 0 Å². The van der Waals surface area contributed by atoms with Crippen LogP contribution in [0.5, 0.6) is 17.2 Å². The zero-order valence-corrected chi connectivity index (χ0v) is 18.3. The van der Waals surface area contributed by atoms with Gasteiger partial charge in [0.2, 0.25) is 0 Å². The van der Waals surface area contributed by atoms with E-state index in [1.807, 2.05) is 19.1 Å². The predicted molar refractivity (Wildman–Crippen MR) is 110 cm³/mol. The van der Waals surface area contributed by atoms with Crippen LogP contribution in [0.3, 0.4) is 0 Å². The first-order valence-electron chi connectivity index (χ1n) is 9.03. The number of benzene rings is 2. The van der Waals surface area contributed by atoms with Gasteiger partial charge in [-0.25, -0.2) is 0 Å². The lowest BCUT2D eigenvalue weighted by atomic mass is 10.00. The molecule has 0 fully saturated rings. The van der Waals surface area contributed by atoms with Crippen molar-refractivity contribution in [2.45, 2.75) is 52.2 Å². The van der Waals surface area contributed by atoms with Gasteiger partial charge in [0.15, 0.2) is 8.32 Å². The van der Waals surface area contributed by atoms with Crippen LogP contribution in [0, 0.1) is 6.92 Å². The number of fused-ring (bicyclic) bond motifs is 1. The van der Waals surface area contributed by atoms with Gasteiger partial charge < -0.3 is 19.0 Å². The van der Waals surface area contributed by atoms with Crippen LogP contribution in [0.1, 0.15) is 31.9 Å². The summed E-state index contributed by atoms with van der Waals surface area (Å²) >= 11 is 0. The number of methoxy groups -OCH3 is 2. The average molecular weight is 377 g/mol. The number of hydrogen-bond acceptors (Lipinski definition) is 4. The Morgan fingerprint density at radius 3 is 2.23 bits per heavy atom. The zero-order valence-electron chi connectivity index (χ0n) is 17.3. The van der Waals surface area contributed by atoms with Gasteiger partial charge in [-0.1, -0.05) is 20.8 Å². The molecule has 1 N–H and O–H groups in total. The third-order valence-corrected chi connectivity index (χ3v) is 10.1. The first kappa shape index (κ1) is 20.6. The third kappa shape index (κ3) is 3.99. The van der Waals surface area contributed by atoms with E-state index >= 15 is 0 Å². The summed E-state index contributed by atoms with van der Waals surface area (Å²) in [6, 6.07) is 5.72. The van der Waals surface area contributed by atoms with Gasteiger partial charge >= 0.3 is 0 Å². The summed E-state index contributed by atoms with van der Waals surface area (Å²) in [6.45, 7) is 13.8. The molecule has 0 aliphatic carbocycles. The third-order valence-electron chi connectivity index (χ3n) is 5.56. The Morgan fingerprint density at radius 2 is 1.69 bits per heavy atom. The van der Waals surface area contributed by atoms with E-state index in [2.05, 4.69) is 33.9 Å². The molecule has 4 nitrogen and oxygen atoms in total. The molecule has 0 radical (unpaired) electrons. The number of phenols is 1. The standard InChI is InChI=1S/C21H32O4Si/c1-14-19(23-5)13-16-12-18(22)15(11-17(16)20(14)24-6)9-10-25-26(7,8)21(2,3)4/h11-13,22H,9-10H2,1-8H3. The maximum atomic E-state index is 10.5. The SMILES string of the molecule is COc1cc2cc(O)c(CCO[Si](C)(C)C(C)(C)C)cc2c(OC)c1C. The fourth-order valence-corrected chi connectivity index (χ4v) is 3.88. The minimum atomic E-state index is -1.79. The number of ether oxygens (including phenoxy) is 2. The van der Waals surface area contributed by atoms with Crippen molar-refractivity contribution in [3.8, 4) is 17.2 Å². The molecule has 0 aromatic heterocycles. The second-order valence-electron chi connectivity index (χ2n) is 8.30. The number of phenolic OH excluding ortho intramolecular Hbond substituents is 1. The highest BCUT2D eigenvalue weighted by atomic mass is 28.4. The fourth-order valence-electron chi connectivity index (χ4n) is 2.84. The Balaban J connectivity index is 2.33. The lowest BCUT2D eigenvalue weighted by Gasteiger charge is -2.36. The lowest BCUT2D eigenvalue weighted by molar-refractivity contribution is 0.290. The molecule has 0 bridgehead atoms.